The summed E-state index contributed by atoms with van der Waals surface area (Å²) in [4.78, 5) is 27.6. The minimum atomic E-state index is -0.593. The van der Waals surface area contributed by atoms with Gasteiger partial charge in [-0.2, -0.15) is 0 Å². The largest absolute Gasteiger partial charge is 0.325 e. The van der Waals surface area contributed by atoms with Crippen molar-refractivity contribution in [2.75, 3.05) is 10.6 Å². The molecule has 0 fully saturated rings. The third kappa shape index (κ3) is 4.88. The Bertz CT molecular complexity index is 686. The molecule has 0 spiro atoms. The van der Waals surface area contributed by atoms with E-state index in [1.165, 1.54) is 24.4 Å². The molecule has 120 valence electrons. The number of anilines is 2. The first kappa shape index (κ1) is 16.6. The average Bonchev–Trinajstić information content (AvgIpc) is 2.55. The lowest BCUT2D eigenvalue weighted by Crippen LogP contribution is -2.15. The minimum absolute atomic E-state index is 0.0498. The normalized spacial score (nSPS) is 10.2. The van der Waals surface area contributed by atoms with E-state index in [2.05, 4.69) is 15.6 Å². The van der Waals surface area contributed by atoms with E-state index in [0.717, 1.165) is 12.8 Å². The fraction of sp³-hybridized carbons (Fsp3) is 0.235. The van der Waals surface area contributed by atoms with Crippen LogP contribution in [0.4, 0.5) is 15.9 Å². The van der Waals surface area contributed by atoms with Crippen molar-refractivity contribution in [1.29, 1.82) is 0 Å². The van der Waals surface area contributed by atoms with Gasteiger partial charge in [0.1, 0.15) is 11.6 Å². The van der Waals surface area contributed by atoms with E-state index >= 15 is 0 Å². The highest BCUT2D eigenvalue weighted by Crippen LogP contribution is 2.13. The van der Waals surface area contributed by atoms with E-state index in [1.54, 1.807) is 18.2 Å². The predicted molar refractivity (Wildman–Crippen MR) is 86.7 cm³/mol. The molecule has 0 aliphatic carbocycles. The first-order valence-corrected chi connectivity index (χ1v) is 7.42. The third-order valence-electron chi connectivity index (χ3n) is 3.16. The number of benzene rings is 1. The first-order chi connectivity index (χ1) is 11.1. The van der Waals surface area contributed by atoms with Crippen molar-refractivity contribution in [3.05, 3.63) is 54.0 Å². The van der Waals surface area contributed by atoms with Crippen LogP contribution in [0.1, 0.15) is 36.5 Å². The van der Waals surface area contributed by atoms with Crippen molar-refractivity contribution < 1.29 is 14.0 Å². The molecule has 1 aromatic carbocycles. The molecule has 0 bridgehead atoms. The molecule has 1 aromatic heterocycles. The van der Waals surface area contributed by atoms with Gasteiger partial charge in [0.15, 0.2) is 0 Å². The van der Waals surface area contributed by atoms with Crippen LogP contribution in [0.3, 0.4) is 0 Å². The second kappa shape index (κ2) is 8.03. The number of hydrogen-bond acceptors (Lipinski definition) is 3. The number of carbonyl (C=O) groups is 2. The van der Waals surface area contributed by atoms with Crippen molar-refractivity contribution in [3.63, 3.8) is 0 Å². The molecular weight excluding hydrogens is 297 g/mol. The monoisotopic (exact) mass is 315 g/mol. The predicted octanol–water partition coefficient (Wildman–Crippen LogP) is 3.60. The van der Waals surface area contributed by atoms with Crippen LogP contribution in [0.2, 0.25) is 0 Å². The minimum Gasteiger partial charge on any atom is -0.325 e. The Kier molecular flexibility index (Phi) is 5.80. The highest BCUT2D eigenvalue weighted by molar-refractivity contribution is 6.04. The molecule has 2 N–H and O–H groups in total. The van der Waals surface area contributed by atoms with Gasteiger partial charge in [0.05, 0.1) is 17.4 Å². The maximum Gasteiger partial charge on any atom is 0.259 e. The number of amides is 2. The number of rotatable bonds is 6. The molecule has 0 radical (unpaired) electrons. The summed E-state index contributed by atoms with van der Waals surface area (Å²) in [6.45, 7) is 2.02. The molecule has 0 unspecified atom stereocenters. The Hall–Kier alpha value is -2.76. The Labute approximate surface area is 133 Å². The zero-order valence-electron chi connectivity index (χ0n) is 12.8. The van der Waals surface area contributed by atoms with Gasteiger partial charge in [-0.05, 0) is 30.7 Å². The maximum absolute atomic E-state index is 13.5. The molecule has 0 aliphatic rings. The van der Waals surface area contributed by atoms with Crippen LogP contribution < -0.4 is 10.6 Å². The van der Waals surface area contributed by atoms with Crippen molar-refractivity contribution in [3.8, 4) is 0 Å². The molecule has 5 nitrogen and oxygen atoms in total. The maximum atomic E-state index is 13.5. The SMILES string of the molecule is CCCCC(=O)Nc1ccc(NC(=O)c2ccccc2F)nc1. The van der Waals surface area contributed by atoms with Gasteiger partial charge in [-0.15, -0.1) is 0 Å². The summed E-state index contributed by atoms with van der Waals surface area (Å²) in [5.41, 5.74) is 0.501. The van der Waals surface area contributed by atoms with Crippen LogP contribution in [-0.2, 0) is 4.79 Å². The van der Waals surface area contributed by atoms with Gasteiger partial charge in [0.25, 0.3) is 5.91 Å². The van der Waals surface area contributed by atoms with E-state index < -0.39 is 11.7 Å². The van der Waals surface area contributed by atoms with Gasteiger partial charge in [-0.3, -0.25) is 9.59 Å². The van der Waals surface area contributed by atoms with E-state index in [9.17, 15) is 14.0 Å². The summed E-state index contributed by atoms with van der Waals surface area (Å²) >= 11 is 0. The highest BCUT2D eigenvalue weighted by Gasteiger charge is 2.11. The summed E-state index contributed by atoms with van der Waals surface area (Å²) in [6.07, 6.45) is 3.69. The van der Waals surface area contributed by atoms with Crippen LogP contribution in [-0.4, -0.2) is 16.8 Å². The zero-order chi connectivity index (χ0) is 16.7. The lowest BCUT2D eigenvalue weighted by molar-refractivity contribution is -0.116. The number of carbonyl (C=O) groups excluding carboxylic acids is 2. The number of nitrogens with zero attached hydrogens (tertiary/aromatic N) is 1. The van der Waals surface area contributed by atoms with Crippen molar-refractivity contribution in [2.45, 2.75) is 26.2 Å². The van der Waals surface area contributed by atoms with E-state index in [-0.39, 0.29) is 17.3 Å². The summed E-state index contributed by atoms with van der Waals surface area (Å²) < 4.78 is 13.5. The van der Waals surface area contributed by atoms with Crippen LogP contribution in [0.25, 0.3) is 0 Å². The summed E-state index contributed by atoms with van der Waals surface area (Å²) in [5.74, 6) is -0.957. The number of halogens is 1. The molecule has 0 saturated heterocycles. The number of hydrogen-bond donors (Lipinski definition) is 2. The van der Waals surface area contributed by atoms with E-state index in [4.69, 9.17) is 0 Å². The van der Waals surface area contributed by atoms with Crippen LogP contribution in [0.15, 0.2) is 42.6 Å². The lowest BCUT2D eigenvalue weighted by Gasteiger charge is -2.07. The number of pyridine rings is 1. The average molecular weight is 315 g/mol. The summed E-state index contributed by atoms with van der Waals surface area (Å²) in [5, 5.41) is 5.24. The Morgan fingerprint density at radius 3 is 2.57 bits per heavy atom. The fourth-order valence-electron chi connectivity index (χ4n) is 1.93. The van der Waals surface area contributed by atoms with Gasteiger partial charge >= 0.3 is 0 Å². The van der Waals surface area contributed by atoms with Crippen LogP contribution >= 0.6 is 0 Å². The lowest BCUT2D eigenvalue weighted by atomic mass is 10.2. The Morgan fingerprint density at radius 2 is 1.91 bits per heavy atom. The van der Waals surface area contributed by atoms with Gasteiger partial charge in [0.2, 0.25) is 5.91 Å². The molecule has 0 aliphatic heterocycles. The molecule has 0 atom stereocenters. The standard InChI is InChI=1S/C17H18FN3O2/c1-2-3-8-16(22)20-12-9-10-15(19-11-12)21-17(23)13-6-4-5-7-14(13)18/h4-7,9-11H,2-3,8H2,1H3,(H,20,22)(H,19,21,23). The molecule has 6 heteroatoms. The summed E-state index contributed by atoms with van der Waals surface area (Å²) in [7, 11) is 0. The number of unbranched alkanes of at least 4 members (excludes halogenated alkanes) is 1. The van der Waals surface area contributed by atoms with Crippen molar-refractivity contribution >= 4 is 23.3 Å². The number of aromatic nitrogens is 1. The fourth-order valence-corrected chi connectivity index (χ4v) is 1.93. The Morgan fingerprint density at radius 1 is 1.13 bits per heavy atom. The van der Waals surface area contributed by atoms with E-state index in [1.807, 2.05) is 6.92 Å². The van der Waals surface area contributed by atoms with Gasteiger partial charge < -0.3 is 10.6 Å². The van der Waals surface area contributed by atoms with Gasteiger partial charge in [0, 0.05) is 6.42 Å². The Balaban J connectivity index is 1.96. The summed E-state index contributed by atoms with van der Waals surface area (Å²) in [6, 6.07) is 8.90. The highest BCUT2D eigenvalue weighted by atomic mass is 19.1. The van der Waals surface area contributed by atoms with E-state index in [0.29, 0.717) is 12.1 Å². The zero-order valence-corrected chi connectivity index (χ0v) is 12.8. The molecule has 2 amide bonds. The molecular formula is C17H18FN3O2. The molecule has 23 heavy (non-hydrogen) atoms. The van der Waals surface area contributed by atoms with Crippen LogP contribution in [0, 0.1) is 5.82 Å². The molecule has 2 rings (SSSR count). The molecule has 2 aromatic rings. The second-order valence-electron chi connectivity index (χ2n) is 5.02. The molecule has 1 heterocycles. The second-order valence-corrected chi connectivity index (χ2v) is 5.02. The molecule has 0 saturated carbocycles. The van der Waals surface area contributed by atoms with Gasteiger partial charge in [-0.25, -0.2) is 9.37 Å². The number of nitrogens with one attached hydrogen (secondary N) is 2. The first-order valence-electron chi connectivity index (χ1n) is 7.42. The van der Waals surface area contributed by atoms with Crippen molar-refractivity contribution in [2.24, 2.45) is 0 Å². The smallest absolute Gasteiger partial charge is 0.259 e. The van der Waals surface area contributed by atoms with Crippen LogP contribution in [0.5, 0.6) is 0 Å². The third-order valence-corrected chi connectivity index (χ3v) is 3.16. The van der Waals surface area contributed by atoms with Crippen molar-refractivity contribution in [1.82, 2.24) is 4.98 Å². The topological polar surface area (TPSA) is 71.1 Å². The quantitative estimate of drug-likeness (QED) is 0.855. The van der Waals surface area contributed by atoms with Gasteiger partial charge in [-0.1, -0.05) is 25.5 Å².